The molecular weight excluding hydrogens is 328 g/mol. The van der Waals surface area contributed by atoms with Crippen molar-refractivity contribution in [3.05, 3.63) is 54.1 Å². The monoisotopic (exact) mass is 352 g/mol. The molecule has 0 saturated heterocycles. The number of aliphatic imine (C=N–C) groups is 1. The van der Waals surface area contributed by atoms with Gasteiger partial charge in [-0.1, -0.05) is 24.3 Å². The minimum atomic E-state index is -0.0986. The third-order valence-corrected chi connectivity index (χ3v) is 4.16. The Morgan fingerprint density at radius 3 is 2.88 bits per heavy atom. The summed E-state index contributed by atoms with van der Waals surface area (Å²) < 4.78 is 5.77. The van der Waals surface area contributed by atoms with Crippen LogP contribution in [0.15, 0.2) is 53.5 Å². The van der Waals surface area contributed by atoms with Crippen LogP contribution < -0.4 is 20.3 Å². The van der Waals surface area contributed by atoms with Crippen LogP contribution in [0.25, 0.3) is 0 Å². The fraction of sp³-hybridized carbons (Fsp3) is 0.300. The van der Waals surface area contributed by atoms with Gasteiger partial charge in [-0.2, -0.15) is 0 Å². The van der Waals surface area contributed by atoms with Gasteiger partial charge in [0, 0.05) is 38.0 Å². The van der Waals surface area contributed by atoms with Gasteiger partial charge >= 0.3 is 0 Å². The summed E-state index contributed by atoms with van der Waals surface area (Å²) in [5.74, 6) is 1.48. The van der Waals surface area contributed by atoms with Crippen molar-refractivity contribution >= 4 is 23.2 Å². The predicted octanol–water partition coefficient (Wildman–Crippen LogP) is 2.66. The molecule has 1 aliphatic heterocycles. The van der Waals surface area contributed by atoms with Crippen molar-refractivity contribution < 1.29 is 9.53 Å². The van der Waals surface area contributed by atoms with Gasteiger partial charge in [0.15, 0.2) is 5.96 Å². The maximum Gasteiger partial charge on any atom is 0.221 e. The van der Waals surface area contributed by atoms with E-state index in [0.717, 1.165) is 30.4 Å². The van der Waals surface area contributed by atoms with Gasteiger partial charge in [0.25, 0.3) is 0 Å². The number of benzene rings is 2. The minimum absolute atomic E-state index is 0.0986. The van der Waals surface area contributed by atoms with Crippen LogP contribution in [0.5, 0.6) is 5.75 Å². The molecule has 0 unspecified atom stereocenters. The number of carbonyl (C=O) groups excluding carboxylic acids is 1. The van der Waals surface area contributed by atoms with Crippen LogP contribution in [0.1, 0.15) is 12.5 Å². The molecule has 0 bridgehead atoms. The minimum Gasteiger partial charge on any atom is -0.492 e. The Kier molecular flexibility index (Phi) is 5.73. The van der Waals surface area contributed by atoms with E-state index in [9.17, 15) is 4.79 Å². The Labute approximate surface area is 153 Å². The van der Waals surface area contributed by atoms with E-state index in [4.69, 9.17) is 4.74 Å². The zero-order valence-electron chi connectivity index (χ0n) is 15.2. The number of nitrogens with zero attached hydrogens (tertiary/aromatic N) is 2. The molecule has 136 valence electrons. The van der Waals surface area contributed by atoms with Gasteiger partial charge in [0.05, 0.1) is 6.54 Å². The van der Waals surface area contributed by atoms with E-state index in [-0.39, 0.29) is 5.91 Å². The second-order valence-corrected chi connectivity index (χ2v) is 6.06. The first-order valence-corrected chi connectivity index (χ1v) is 8.74. The summed E-state index contributed by atoms with van der Waals surface area (Å²) in [4.78, 5) is 17.7. The molecular formula is C20H24N4O2. The summed E-state index contributed by atoms with van der Waals surface area (Å²) in [6.07, 6.45) is 1.03. The summed E-state index contributed by atoms with van der Waals surface area (Å²) >= 11 is 0. The highest BCUT2D eigenvalue weighted by atomic mass is 16.5. The number of hydrogen-bond acceptors (Lipinski definition) is 3. The number of amides is 1. The molecule has 0 radical (unpaired) electrons. The Bertz CT molecular complexity index is 804. The Balaban J connectivity index is 1.51. The lowest BCUT2D eigenvalue weighted by molar-refractivity contribution is -0.114. The molecule has 0 aromatic heterocycles. The average Bonchev–Trinajstić information content (AvgIpc) is 3.06. The van der Waals surface area contributed by atoms with Crippen molar-refractivity contribution in [1.82, 2.24) is 5.32 Å². The highest BCUT2D eigenvalue weighted by Gasteiger charge is 2.22. The van der Waals surface area contributed by atoms with Crippen LogP contribution in [0.2, 0.25) is 0 Å². The topological polar surface area (TPSA) is 66.0 Å². The van der Waals surface area contributed by atoms with Crippen molar-refractivity contribution in [3.8, 4) is 5.75 Å². The van der Waals surface area contributed by atoms with Gasteiger partial charge in [-0.3, -0.25) is 9.79 Å². The Hall–Kier alpha value is -3.02. The van der Waals surface area contributed by atoms with E-state index in [1.165, 1.54) is 18.2 Å². The first-order valence-electron chi connectivity index (χ1n) is 8.74. The maximum atomic E-state index is 11.1. The molecule has 0 atom stereocenters. The molecule has 1 amide bonds. The molecule has 0 aliphatic carbocycles. The standard InChI is InChI=1S/C20H24N4O2/c1-15(25)23-17-7-5-8-18(14-17)26-13-11-22-20(21-2)24-12-10-16-6-3-4-9-19(16)24/h3-9,14H,10-13H2,1-2H3,(H,21,22)(H,23,25). The number of para-hydroxylation sites is 1. The summed E-state index contributed by atoms with van der Waals surface area (Å²) in [7, 11) is 1.79. The number of anilines is 2. The first kappa shape index (κ1) is 17.8. The summed E-state index contributed by atoms with van der Waals surface area (Å²) in [6.45, 7) is 3.55. The average molecular weight is 352 g/mol. The van der Waals surface area contributed by atoms with E-state index in [2.05, 4.69) is 44.8 Å². The van der Waals surface area contributed by atoms with Crippen molar-refractivity contribution in [2.24, 2.45) is 4.99 Å². The van der Waals surface area contributed by atoms with Gasteiger partial charge in [0.2, 0.25) is 5.91 Å². The third kappa shape index (κ3) is 4.33. The molecule has 6 nitrogen and oxygen atoms in total. The van der Waals surface area contributed by atoms with E-state index in [1.807, 2.05) is 24.3 Å². The number of ether oxygens (including phenoxy) is 1. The molecule has 2 aromatic rings. The summed E-state index contributed by atoms with van der Waals surface area (Å²) in [6, 6.07) is 15.8. The van der Waals surface area contributed by atoms with Crippen LogP contribution in [0, 0.1) is 0 Å². The fourth-order valence-electron chi connectivity index (χ4n) is 3.05. The SMILES string of the molecule is CN=C(NCCOc1cccc(NC(C)=O)c1)N1CCc2ccccc21. The molecule has 2 aromatic carbocycles. The van der Waals surface area contributed by atoms with Crippen molar-refractivity contribution in [3.63, 3.8) is 0 Å². The third-order valence-electron chi connectivity index (χ3n) is 4.16. The largest absolute Gasteiger partial charge is 0.492 e. The molecule has 6 heteroatoms. The first-order chi connectivity index (χ1) is 12.7. The zero-order chi connectivity index (χ0) is 18.4. The molecule has 26 heavy (non-hydrogen) atoms. The van der Waals surface area contributed by atoms with E-state index < -0.39 is 0 Å². The van der Waals surface area contributed by atoms with Gasteiger partial charge in [-0.05, 0) is 30.2 Å². The van der Waals surface area contributed by atoms with E-state index >= 15 is 0 Å². The quantitative estimate of drug-likeness (QED) is 0.493. The van der Waals surface area contributed by atoms with Crippen molar-refractivity contribution in [1.29, 1.82) is 0 Å². The van der Waals surface area contributed by atoms with E-state index in [1.54, 1.807) is 7.05 Å². The number of carbonyl (C=O) groups is 1. The van der Waals surface area contributed by atoms with Crippen LogP contribution >= 0.6 is 0 Å². The molecule has 3 rings (SSSR count). The summed E-state index contributed by atoms with van der Waals surface area (Å²) in [5, 5.41) is 6.10. The highest BCUT2D eigenvalue weighted by Crippen LogP contribution is 2.27. The number of hydrogen-bond donors (Lipinski definition) is 2. The van der Waals surface area contributed by atoms with Crippen LogP contribution in [-0.4, -0.2) is 38.6 Å². The predicted molar refractivity (Wildman–Crippen MR) is 105 cm³/mol. The van der Waals surface area contributed by atoms with Gasteiger partial charge in [0.1, 0.15) is 12.4 Å². The molecule has 0 spiro atoms. The van der Waals surface area contributed by atoms with Crippen LogP contribution in [0.4, 0.5) is 11.4 Å². The highest BCUT2D eigenvalue weighted by molar-refractivity contribution is 5.97. The maximum absolute atomic E-state index is 11.1. The van der Waals surface area contributed by atoms with E-state index in [0.29, 0.717) is 13.2 Å². The Morgan fingerprint density at radius 1 is 1.23 bits per heavy atom. The normalized spacial score (nSPS) is 13.3. The van der Waals surface area contributed by atoms with Gasteiger partial charge in [-0.25, -0.2) is 0 Å². The molecule has 0 fully saturated rings. The fourth-order valence-corrected chi connectivity index (χ4v) is 3.05. The number of rotatable bonds is 5. The molecule has 1 heterocycles. The zero-order valence-corrected chi connectivity index (χ0v) is 15.2. The second kappa shape index (κ2) is 8.38. The van der Waals surface area contributed by atoms with Gasteiger partial charge < -0.3 is 20.3 Å². The van der Waals surface area contributed by atoms with Crippen molar-refractivity contribution in [2.45, 2.75) is 13.3 Å². The molecule has 1 aliphatic rings. The van der Waals surface area contributed by atoms with Crippen LogP contribution in [-0.2, 0) is 11.2 Å². The summed E-state index contributed by atoms with van der Waals surface area (Å²) in [5.41, 5.74) is 3.29. The smallest absolute Gasteiger partial charge is 0.221 e. The number of nitrogens with one attached hydrogen (secondary N) is 2. The lowest BCUT2D eigenvalue weighted by Gasteiger charge is -2.22. The molecule has 2 N–H and O–H groups in total. The van der Waals surface area contributed by atoms with Gasteiger partial charge in [-0.15, -0.1) is 0 Å². The number of fused-ring (bicyclic) bond motifs is 1. The number of guanidine groups is 1. The lowest BCUT2D eigenvalue weighted by atomic mass is 10.2. The van der Waals surface area contributed by atoms with Crippen LogP contribution in [0.3, 0.4) is 0 Å². The lowest BCUT2D eigenvalue weighted by Crippen LogP contribution is -2.42. The molecule has 0 saturated carbocycles. The second-order valence-electron chi connectivity index (χ2n) is 6.06. The Morgan fingerprint density at radius 2 is 2.08 bits per heavy atom. The van der Waals surface area contributed by atoms with Crippen molar-refractivity contribution in [2.75, 3.05) is 37.0 Å².